The van der Waals surface area contributed by atoms with E-state index in [1.807, 2.05) is 0 Å². The molecule has 4 bridgehead atoms. The molecule has 0 radical (unpaired) electrons. The maximum absolute atomic E-state index is 12.3. The van der Waals surface area contributed by atoms with E-state index >= 15 is 0 Å². The number of ether oxygens (including phenoxy) is 1. The van der Waals surface area contributed by atoms with Crippen LogP contribution < -0.4 is 5.32 Å². The summed E-state index contributed by atoms with van der Waals surface area (Å²) < 4.78 is 5.88. The Morgan fingerprint density at radius 3 is 2.55 bits per heavy atom. The summed E-state index contributed by atoms with van der Waals surface area (Å²) >= 11 is 4.02. The number of alkyl halides is 1. The smallest absolute Gasteiger partial charge is 0.220 e. The van der Waals surface area contributed by atoms with Crippen molar-refractivity contribution in [1.82, 2.24) is 5.32 Å². The molecular weight excluding hydrogens is 342 g/mol. The van der Waals surface area contributed by atoms with Crippen molar-refractivity contribution in [3.8, 4) is 0 Å². The van der Waals surface area contributed by atoms with Crippen LogP contribution in [0.25, 0.3) is 0 Å². The SMILES string of the molecule is CC(C)COCCNC(=O)CC12CC3CC(CC(Br)(C3)C1)C2. The fourth-order valence-corrected chi connectivity index (χ4v) is 7.04. The van der Waals surface area contributed by atoms with Crippen LogP contribution in [0.4, 0.5) is 0 Å². The van der Waals surface area contributed by atoms with E-state index in [1.54, 1.807) is 0 Å². The molecule has 1 amide bonds. The van der Waals surface area contributed by atoms with Crippen LogP contribution >= 0.6 is 15.9 Å². The Morgan fingerprint density at radius 2 is 1.95 bits per heavy atom. The number of hydrogen-bond acceptors (Lipinski definition) is 2. The molecule has 2 unspecified atom stereocenters. The maximum Gasteiger partial charge on any atom is 0.220 e. The molecule has 4 fully saturated rings. The van der Waals surface area contributed by atoms with Crippen molar-refractivity contribution in [2.45, 2.75) is 63.1 Å². The minimum Gasteiger partial charge on any atom is -0.379 e. The summed E-state index contributed by atoms with van der Waals surface area (Å²) in [6, 6.07) is 0. The van der Waals surface area contributed by atoms with Gasteiger partial charge in [0.25, 0.3) is 0 Å². The molecule has 0 heterocycles. The third-order valence-corrected chi connectivity index (χ3v) is 6.59. The Hall–Kier alpha value is -0.0900. The Morgan fingerprint density at radius 1 is 1.27 bits per heavy atom. The molecule has 22 heavy (non-hydrogen) atoms. The monoisotopic (exact) mass is 371 g/mol. The first-order valence-electron chi connectivity index (χ1n) is 8.91. The second kappa shape index (κ2) is 6.43. The Bertz CT molecular complexity index is 409. The van der Waals surface area contributed by atoms with Crippen LogP contribution in [0, 0.1) is 23.2 Å². The van der Waals surface area contributed by atoms with Crippen LogP contribution in [0.2, 0.25) is 0 Å². The van der Waals surface area contributed by atoms with Gasteiger partial charge in [-0.05, 0) is 61.7 Å². The fraction of sp³-hybridized carbons (Fsp3) is 0.944. The van der Waals surface area contributed by atoms with E-state index in [0.717, 1.165) is 24.9 Å². The molecule has 0 aliphatic heterocycles. The van der Waals surface area contributed by atoms with E-state index in [0.29, 0.717) is 23.4 Å². The molecule has 0 spiro atoms. The second-order valence-electron chi connectivity index (χ2n) is 8.61. The molecule has 0 aromatic carbocycles. The van der Waals surface area contributed by atoms with Crippen molar-refractivity contribution in [2.24, 2.45) is 23.2 Å². The van der Waals surface area contributed by atoms with Crippen molar-refractivity contribution >= 4 is 21.8 Å². The quantitative estimate of drug-likeness (QED) is 0.544. The zero-order valence-corrected chi connectivity index (χ0v) is 15.6. The third kappa shape index (κ3) is 3.87. The zero-order valence-electron chi connectivity index (χ0n) is 14.0. The van der Waals surface area contributed by atoms with Gasteiger partial charge in [0.05, 0.1) is 6.61 Å². The van der Waals surface area contributed by atoms with Gasteiger partial charge in [0.2, 0.25) is 5.91 Å². The second-order valence-corrected chi connectivity index (χ2v) is 10.3. The lowest BCUT2D eigenvalue weighted by Gasteiger charge is -2.60. The van der Waals surface area contributed by atoms with Crippen molar-refractivity contribution < 1.29 is 9.53 Å². The normalized spacial score (nSPS) is 39.5. The molecule has 4 saturated carbocycles. The molecular formula is C18H30BrNO2. The summed E-state index contributed by atoms with van der Waals surface area (Å²) in [7, 11) is 0. The number of hydrogen-bond donors (Lipinski definition) is 1. The third-order valence-electron chi connectivity index (χ3n) is 5.67. The topological polar surface area (TPSA) is 38.3 Å². The molecule has 0 aromatic rings. The van der Waals surface area contributed by atoms with Gasteiger partial charge in [-0.3, -0.25) is 4.79 Å². The van der Waals surface area contributed by atoms with E-state index in [9.17, 15) is 4.79 Å². The van der Waals surface area contributed by atoms with E-state index < -0.39 is 0 Å². The summed E-state index contributed by atoms with van der Waals surface area (Å²) in [6.07, 6.45) is 8.52. The van der Waals surface area contributed by atoms with Crippen molar-refractivity contribution in [1.29, 1.82) is 0 Å². The molecule has 4 aliphatic rings. The van der Waals surface area contributed by atoms with Crippen LogP contribution in [0.3, 0.4) is 0 Å². The van der Waals surface area contributed by atoms with Gasteiger partial charge in [-0.2, -0.15) is 0 Å². The van der Waals surface area contributed by atoms with E-state index in [-0.39, 0.29) is 11.3 Å². The van der Waals surface area contributed by atoms with Gasteiger partial charge >= 0.3 is 0 Å². The first kappa shape index (κ1) is 16.8. The van der Waals surface area contributed by atoms with Crippen molar-refractivity contribution in [3.63, 3.8) is 0 Å². The van der Waals surface area contributed by atoms with Crippen LogP contribution in [0.1, 0.15) is 58.8 Å². The van der Waals surface area contributed by atoms with Crippen LogP contribution in [0.5, 0.6) is 0 Å². The largest absolute Gasteiger partial charge is 0.379 e. The van der Waals surface area contributed by atoms with Gasteiger partial charge in [0.15, 0.2) is 0 Å². The Kier molecular flexibility index (Phi) is 4.90. The average molecular weight is 372 g/mol. The number of rotatable bonds is 7. The van der Waals surface area contributed by atoms with E-state index in [4.69, 9.17) is 4.74 Å². The Labute approximate surface area is 143 Å². The summed E-state index contributed by atoms with van der Waals surface area (Å²) in [4.78, 5) is 12.3. The minimum absolute atomic E-state index is 0.228. The summed E-state index contributed by atoms with van der Waals surface area (Å²) in [6.45, 7) is 6.33. The highest BCUT2D eigenvalue weighted by atomic mass is 79.9. The van der Waals surface area contributed by atoms with Gasteiger partial charge < -0.3 is 10.1 Å². The van der Waals surface area contributed by atoms with Crippen LogP contribution in [0.15, 0.2) is 0 Å². The molecule has 2 atom stereocenters. The summed E-state index contributed by atoms with van der Waals surface area (Å²) in [5, 5.41) is 3.06. The summed E-state index contributed by atoms with van der Waals surface area (Å²) in [5.74, 6) is 2.48. The lowest BCUT2D eigenvalue weighted by Crippen LogP contribution is -2.54. The summed E-state index contributed by atoms with van der Waals surface area (Å²) in [5.41, 5.74) is 0.274. The molecule has 0 aromatic heterocycles. The van der Waals surface area contributed by atoms with Gasteiger partial charge in [-0.15, -0.1) is 0 Å². The zero-order chi connectivity index (χ0) is 15.8. The highest BCUT2D eigenvalue weighted by Crippen LogP contribution is 2.65. The van der Waals surface area contributed by atoms with Gasteiger partial charge in [-0.1, -0.05) is 29.8 Å². The highest BCUT2D eigenvalue weighted by Gasteiger charge is 2.57. The van der Waals surface area contributed by atoms with Crippen molar-refractivity contribution in [3.05, 3.63) is 0 Å². The molecule has 1 N–H and O–H groups in total. The van der Waals surface area contributed by atoms with Gasteiger partial charge in [0.1, 0.15) is 0 Å². The van der Waals surface area contributed by atoms with E-state index in [2.05, 4.69) is 35.1 Å². The molecule has 4 rings (SSSR count). The standard InChI is InChI=1S/C18H30BrNO2/c1-13(2)11-22-4-3-20-16(21)10-17-6-14-5-15(7-17)9-18(19,8-14)12-17/h13-15H,3-12H2,1-2H3,(H,20,21). The lowest BCUT2D eigenvalue weighted by molar-refractivity contribution is -0.128. The molecule has 0 saturated heterocycles. The fourth-order valence-electron chi connectivity index (χ4n) is 5.53. The maximum atomic E-state index is 12.3. The molecule has 4 heteroatoms. The molecule has 3 nitrogen and oxygen atoms in total. The number of carbonyl (C=O) groups excluding carboxylic acids is 1. The number of halogens is 1. The predicted molar refractivity (Wildman–Crippen MR) is 92.1 cm³/mol. The number of nitrogens with one attached hydrogen (secondary N) is 1. The molecule has 126 valence electrons. The van der Waals surface area contributed by atoms with Gasteiger partial charge in [0, 0.05) is 23.9 Å². The number of amides is 1. The first-order chi connectivity index (χ1) is 10.4. The predicted octanol–water partition coefficient (Wildman–Crippen LogP) is 3.90. The van der Waals surface area contributed by atoms with Crippen molar-refractivity contribution in [2.75, 3.05) is 19.8 Å². The lowest BCUT2D eigenvalue weighted by atomic mass is 9.48. The number of carbonyl (C=O) groups is 1. The van der Waals surface area contributed by atoms with E-state index in [1.165, 1.54) is 38.5 Å². The van der Waals surface area contributed by atoms with Crippen LogP contribution in [-0.4, -0.2) is 30.0 Å². The average Bonchev–Trinajstić information content (AvgIpc) is 2.33. The minimum atomic E-state index is 0.228. The molecule has 4 aliphatic carbocycles. The van der Waals surface area contributed by atoms with Gasteiger partial charge in [-0.25, -0.2) is 0 Å². The van der Waals surface area contributed by atoms with Crippen LogP contribution in [-0.2, 0) is 9.53 Å². The first-order valence-corrected chi connectivity index (χ1v) is 9.71. The highest BCUT2D eigenvalue weighted by molar-refractivity contribution is 9.10. The Balaban J connectivity index is 1.45.